The zero-order valence-electron chi connectivity index (χ0n) is 10.3. The molecule has 5 nitrogen and oxygen atoms in total. The number of rotatable bonds is 5. The van der Waals surface area contributed by atoms with Crippen molar-refractivity contribution in [1.82, 2.24) is 5.48 Å². The van der Waals surface area contributed by atoms with E-state index in [0.29, 0.717) is 0 Å². The Bertz CT molecular complexity index is 298. The fraction of sp³-hybridized carbons (Fsp3) is 0.727. The first-order valence-electron chi connectivity index (χ1n) is 5.10. The van der Waals surface area contributed by atoms with Crippen LogP contribution in [0.1, 0.15) is 34.6 Å². The molecule has 0 aliphatic rings. The van der Waals surface area contributed by atoms with Gasteiger partial charge in [-0.2, -0.15) is 5.48 Å². The molecule has 5 heteroatoms. The van der Waals surface area contributed by atoms with Crippen LogP contribution in [0.5, 0.6) is 0 Å². The molecule has 0 aliphatic heterocycles. The van der Waals surface area contributed by atoms with Crippen molar-refractivity contribution in [3.05, 3.63) is 5.57 Å². The summed E-state index contributed by atoms with van der Waals surface area (Å²) in [5.74, 6) is 0.307. The Balaban J connectivity index is 4.76. The van der Waals surface area contributed by atoms with Gasteiger partial charge in [-0.15, -0.1) is 0 Å². The maximum absolute atomic E-state index is 11.0. The molecule has 0 aliphatic carbocycles. The Labute approximate surface area is 95.4 Å². The fourth-order valence-corrected chi connectivity index (χ4v) is 0.993. The topological polar surface area (TPSA) is 75.6 Å². The first-order chi connectivity index (χ1) is 7.19. The van der Waals surface area contributed by atoms with Crippen LogP contribution in [0.2, 0.25) is 0 Å². The summed E-state index contributed by atoms with van der Waals surface area (Å²) in [5.41, 5.74) is 2.00. The van der Waals surface area contributed by atoms with Crippen molar-refractivity contribution >= 4 is 11.9 Å². The Hall–Kier alpha value is -1.16. The largest absolute Gasteiger partial charge is 0.480 e. The lowest BCUT2D eigenvalue weighted by atomic mass is 9.98. The highest BCUT2D eigenvalue weighted by molar-refractivity contribution is 5.81. The van der Waals surface area contributed by atoms with Gasteiger partial charge in [0.25, 0.3) is 0 Å². The summed E-state index contributed by atoms with van der Waals surface area (Å²) in [4.78, 5) is 26.8. The molecule has 0 heterocycles. The first-order valence-corrected chi connectivity index (χ1v) is 5.10. The summed E-state index contributed by atoms with van der Waals surface area (Å²) >= 11 is 0. The molecule has 2 N–H and O–H groups in total. The molecule has 92 valence electrons. The molecule has 0 aromatic rings. The van der Waals surface area contributed by atoms with Crippen LogP contribution < -0.4 is 5.48 Å². The van der Waals surface area contributed by atoms with Gasteiger partial charge in [0.15, 0.2) is 6.04 Å². The van der Waals surface area contributed by atoms with Gasteiger partial charge >= 0.3 is 5.97 Å². The number of carboxylic acid groups (broad SMARTS) is 1. The third-order valence-electron chi connectivity index (χ3n) is 1.78. The van der Waals surface area contributed by atoms with Crippen LogP contribution in [-0.2, 0) is 14.4 Å². The van der Waals surface area contributed by atoms with E-state index in [4.69, 9.17) is 9.94 Å². The zero-order valence-corrected chi connectivity index (χ0v) is 10.3. The van der Waals surface area contributed by atoms with Crippen molar-refractivity contribution in [3.8, 4) is 0 Å². The van der Waals surface area contributed by atoms with Gasteiger partial charge in [-0.3, -0.25) is 9.63 Å². The van der Waals surface area contributed by atoms with Crippen molar-refractivity contribution in [2.24, 2.45) is 5.92 Å². The highest BCUT2D eigenvalue weighted by atomic mass is 16.7. The predicted octanol–water partition coefficient (Wildman–Crippen LogP) is 1.17. The van der Waals surface area contributed by atoms with E-state index in [9.17, 15) is 9.59 Å². The van der Waals surface area contributed by atoms with E-state index >= 15 is 0 Å². The van der Waals surface area contributed by atoms with Crippen molar-refractivity contribution in [3.63, 3.8) is 0 Å². The van der Waals surface area contributed by atoms with Gasteiger partial charge in [-0.05, 0) is 26.7 Å². The molecular weight excluding hydrogens is 210 g/mol. The summed E-state index contributed by atoms with van der Waals surface area (Å²) in [7, 11) is 0. The second-order valence-electron chi connectivity index (χ2n) is 4.82. The molecule has 0 saturated heterocycles. The number of carbonyl (C=O) groups is 1. The average Bonchev–Trinajstić information content (AvgIpc) is 2.08. The van der Waals surface area contributed by atoms with E-state index in [1.165, 1.54) is 0 Å². The molecule has 0 rings (SSSR count). The number of aliphatic carboxylic acids is 1. The molecular formula is C11H19NO4. The van der Waals surface area contributed by atoms with Crippen molar-refractivity contribution < 1.29 is 19.5 Å². The Morgan fingerprint density at radius 3 is 2.12 bits per heavy atom. The van der Waals surface area contributed by atoms with E-state index in [1.807, 2.05) is 0 Å². The molecule has 0 amide bonds. The molecule has 0 fully saturated rings. The van der Waals surface area contributed by atoms with Gasteiger partial charge in [-0.1, -0.05) is 13.8 Å². The van der Waals surface area contributed by atoms with Crippen LogP contribution in [0.25, 0.3) is 0 Å². The summed E-state index contributed by atoms with van der Waals surface area (Å²) in [6.45, 7) is 8.79. The maximum atomic E-state index is 11.0. The van der Waals surface area contributed by atoms with Crippen LogP contribution in [0, 0.1) is 5.92 Å². The monoisotopic (exact) mass is 229 g/mol. The van der Waals surface area contributed by atoms with E-state index in [1.54, 1.807) is 40.6 Å². The molecule has 0 saturated carbocycles. The Morgan fingerprint density at radius 1 is 1.38 bits per heavy atom. The molecule has 0 radical (unpaired) electrons. The third-order valence-corrected chi connectivity index (χ3v) is 1.78. The summed E-state index contributed by atoms with van der Waals surface area (Å²) in [6, 6.07) is -1.16. The minimum absolute atomic E-state index is 0.136. The van der Waals surface area contributed by atoms with Crippen molar-refractivity contribution in [1.29, 1.82) is 0 Å². The Morgan fingerprint density at radius 2 is 1.88 bits per heavy atom. The smallest absolute Gasteiger partial charge is 0.328 e. The average molecular weight is 229 g/mol. The normalized spacial score (nSPS) is 13.4. The van der Waals surface area contributed by atoms with Gasteiger partial charge in [0.05, 0.1) is 5.60 Å². The number of nitrogens with one attached hydrogen (secondary N) is 1. The number of hydrogen-bond acceptors (Lipinski definition) is 4. The van der Waals surface area contributed by atoms with E-state index in [2.05, 4.69) is 5.48 Å². The predicted molar refractivity (Wildman–Crippen MR) is 59.4 cm³/mol. The minimum atomic E-state index is -1.16. The molecule has 0 spiro atoms. The van der Waals surface area contributed by atoms with Gasteiger partial charge < -0.3 is 5.11 Å². The van der Waals surface area contributed by atoms with Crippen LogP contribution in [0.3, 0.4) is 0 Å². The summed E-state index contributed by atoms with van der Waals surface area (Å²) in [5, 5.41) is 8.98. The van der Waals surface area contributed by atoms with Crippen LogP contribution in [0.15, 0.2) is 5.57 Å². The van der Waals surface area contributed by atoms with Crippen molar-refractivity contribution in [2.75, 3.05) is 0 Å². The molecule has 1 atom stereocenters. The molecule has 0 aromatic heterocycles. The van der Waals surface area contributed by atoms with Gasteiger partial charge in [0.1, 0.15) is 5.94 Å². The SMILES string of the molecule is CC(C)C(=C=O)C(NOC(C)(C)C)C(=O)O. The van der Waals surface area contributed by atoms with Gasteiger partial charge in [-0.25, -0.2) is 4.79 Å². The maximum Gasteiger partial charge on any atom is 0.328 e. The quantitative estimate of drug-likeness (QED) is 0.546. The minimum Gasteiger partial charge on any atom is -0.480 e. The number of hydroxylamine groups is 1. The third kappa shape index (κ3) is 5.07. The van der Waals surface area contributed by atoms with Crippen LogP contribution in [-0.4, -0.2) is 28.7 Å². The second kappa shape index (κ2) is 5.80. The van der Waals surface area contributed by atoms with Gasteiger partial charge in [0, 0.05) is 5.57 Å². The summed E-state index contributed by atoms with van der Waals surface area (Å²) in [6.07, 6.45) is 0. The fourth-order valence-electron chi connectivity index (χ4n) is 0.993. The lowest BCUT2D eigenvalue weighted by Crippen LogP contribution is -2.43. The summed E-state index contributed by atoms with van der Waals surface area (Å²) < 4.78 is 0. The number of carboxylic acids is 1. The lowest BCUT2D eigenvalue weighted by Gasteiger charge is -2.24. The zero-order chi connectivity index (χ0) is 12.9. The molecule has 1 unspecified atom stereocenters. The molecule has 16 heavy (non-hydrogen) atoms. The standard InChI is InChI=1S/C11H19NO4/c1-7(2)8(6-13)9(10(14)15)12-16-11(3,4)5/h7,9,12H,1-5H3,(H,14,15). The highest BCUT2D eigenvalue weighted by Gasteiger charge is 2.27. The Kier molecular flexibility index (Phi) is 5.38. The molecule has 0 aromatic carbocycles. The highest BCUT2D eigenvalue weighted by Crippen LogP contribution is 2.13. The first kappa shape index (κ1) is 14.8. The van der Waals surface area contributed by atoms with E-state index < -0.39 is 17.6 Å². The van der Waals surface area contributed by atoms with Crippen LogP contribution >= 0.6 is 0 Å². The number of hydrogen-bond donors (Lipinski definition) is 2. The van der Waals surface area contributed by atoms with Gasteiger partial charge in [0.2, 0.25) is 0 Å². The molecule has 0 bridgehead atoms. The number of carbonyl (C=O) groups excluding carboxylic acids is 1. The van der Waals surface area contributed by atoms with Crippen molar-refractivity contribution in [2.45, 2.75) is 46.3 Å². The van der Waals surface area contributed by atoms with E-state index in [0.717, 1.165) is 0 Å². The van der Waals surface area contributed by atoms with Crippen LogP contribution in [0.4, 0.5) is 0 Å². The van der Waals surface area contributed by atoms with E-state index in [-0.39, 0.29) is 11.5 Å². The lowest BCUT2D eigenvalue weighted by molar-refractivity contribution is -0.148. The second-order valence-corrected chi connectivity index (χ2v) is 4.82.